The molecule has 0 saturated heterocycles. The first-order valence-corrected chi connectivity index (χ1v) is 7.44. The lowest BCUT2D eigenvalue weighted by Gasteiger charge is -2.24. The lowest BCUT2D eigenvalue weighted by Crippen LogP contribution is -2.24. The molecule has 0 aliphatic heterocycles. The van der Waals surface area contributed by atoms with E-state index >= 15 is 0 Å². The molecule has 2 unspecified atom stereocenters. The van der Waals surface area contributed by atoms with Crippen molar-refractivity contribution in [2.75, 3.05) is 0 Å². The molecule has 0 fully saturated rings. The van der Waals surface area contributed by atoms with E-state index in [2.05, 4.69) is 24.4 Å². The van der Waals surface area contributed by atoms with E-state index in [9.17, 15) is 10.2 Å². The highest BCUT2D eigenvalue weighted by Crippen LogP contribution is 2.30. The van der Waals surface area contributed by atoms with Gasteiger partial charge in [-0.25, -0.2) is 0 Å². The molecule has 2 rings (SSSR count). The number of rotatable bonds is 6. The molecule has 3 N–H and O–H groups in total. The minimum Gasteiger partial charge on any atom is -0.508 e. The van der Waals surface area contributed by atoms with Gasteiger partial charge in [-0.05, 0) is 37.1 Å². The van der Waals surface area contributed by atoms with Crippen molar-refractivity contribution in [3.8, 4) is 11.5 Å². The molecule has 0 radical (unpaired) electrons. The summed E-state index contributed by atoms with van der Waals surface area (Å²) in [5.74, 6) is 0.374. The smallest absolute Gasteiger partial charge is 0.120 e. The van der Waals surface area contributed by atoms with E-state index in [1.807, 2.05) is 25.1 Å². The summed E-state index contributed by atoms with van der Waals surface area (Å²) in [4.78, 5) is 0. The average molecular weight is 285 g/mol. The molecule has 2 aromatic carbocycles. The van der Waals surface area contributed by atoms with Gasteiger partial charge >= 0.3 is 0 Å². The number of hydrogen-bond donors (Lipinski definition) is 3. The van der Waals surface area contributed by atoms with Crippen molar-refractivity contribution in [2.45, 2.75) is 38.8 Å². The van der Waals surface area contributed by atoms with Gasteiger partial charge in [0, 0.05) is 17.6 Å². The van der Waals surface area contributed by atoms with Crippen LogP contribution in [-0.4, -0.2) is 10.2 Å². The Balaban J connectivity index is 2.18. The topological polar surface area (TPSA) is 52.5 Å². The molecule has 0 saturated carbocycles. The molecule has 0 aliphatic rings. The third-order valence-electron chi connectivity index (χ3n) is 3.71. The fourth-order valence-corrected chi connectivity index (χ4v) is 2.60. The molecule has 0 bridgehead atoms. The molecule has 2 atom stereocenters. The molecule has 0 amide bonds. The predicted octanol–water partition coefficient (Wildman–Crippen LogP) is 4.29. The van der Waals surface area contributed by atoms with Crippen molar-refractivity contribution >= 4 is 0 Å². The van der Waals surface area contributed by atoms with Crippen molar-refractivity contribution in [2.24, 2.45) is 0 Å². The van der Waals surface area contributed by atoms with Crippen molar-refractivity contribution < 1.29 is 10.2 Å². The zero-order chi connectivity index (χ0) is 15.2. The van der Waals surface area contributed by atoms with Crippen LogP contribution in [0.15, 0.2) is 48.5 Å². The van der Waals surface area contributed by atoms with Gasteiger partial charge in [-0.2, -0.15) is 0 Å². The van der Waals surface area contributed by atoms with Crippen molar-refractivity contribution in [1.29, 1.82) is 0 Å². The van der Waals surface area contributed by atoms with Gasteiger partial charge in [-0.3, -0.25) is 0 Å². The van der Waals surface area contributed by atoms with Crippen LogP contribution in [0.5, 0.6) is 11.5 Å². The van der Waals surface area contributed by atoms with Crippen LogP contribution in [0.2, 0.25) is 0 Å². The van der Waals surface area contributed by atoms with E-state index in [1.54, 1.807) is 6.07 Å². The first kappa shape index (κ1) is 15.4. The highest BCUT2D eigenvalue weighted by Gasteiger charge is 2.17. The zero-order valence-corrected chi connectivity index (χ0v) is 12.6. The summed E-state index contributed by atoms with van der Waals surface area (Å²) < 4.78 is 0. The van der Waals surface area contributed by atoms with E-state index in [1.165, 1.54) is 17.7 Å². The van der Waals surface area contributed by atoms with Gasteiger partial charge in [0.1, 0.15) is 11.5 Å². The highest BCUT2D eigenvalue weighted by atomic mass is 16.3. The third kappa shape index (κ3) is 3.99. The number of aromatic hydroxyl groups is 2. The number of phenols is 2. The second kappa shape index (κ2) is 7.14. The Morgan fingerprint density at radius 3 is 2.43 bits per heavy atom. The third-order valence-corrected chi connectivity index (χ3v) is 3.71. The van der Waals surface area contributed by atoms with Crippen LogP contribution in [0.3, 0.4) is 0 Å². The standard InChI is InChI=1S/C18H23NO2/c1-3-7-17(14-8-5-4-6-9-14)19-13(2)16-12-15(20)10-11-18(16)21/h4-6,8-13,17,19-21H,3,7H2,1-2H3. The molecule has 21 heavy (non-hydrogen) atoms. The largest absolute Gasteiger partial charge is 0.508 e. The summed E-state index contributed by atoms with van der Waals surface area (Å²) in [5.41, 5.74) is 1.96. The number of hydrogen-bond acceptors (Lipinski definition) is 3. The fraction of sp³-hybridized carbons (Fsp3) is 0.333. The molecule has 0 aromatic heterocycles. The van der Waals surface area contributed by atoms with E-state index < -0.39 is 0 Å². The maximum absolute atomic E-state index is 9.97. The van der Waals surface area contributed by atoms with Crippen LogP contribution in [-0.2, 0) is 0 Å². The Morgan fingerprint density at radius 2 is 1.76 bits per heavy atom. The Labute approximate surface area is 126 Å². The van der Waals surface area contributed by atoms with Gasteiger partial charge < -0.3 is 15.5 Å². The molecule has 0 aliphatic carbocycles. The SMILES string of the molecule is CCCC(NC(C)c1cc(O)ccc1O)c1ccccc1. The average Bonchev–Trinajstić information content (AvgIpc) is 2.50. The molecule has 3 nitrogen and oxygen atoms in total. The van der Waals surface area contributed by atoms with Crippen LogP contribution >= 0.6 is 0 Å². The van der Waals surface area contributed by atoms with Gasteiger partial charge in [0.15, 0.2) is 0 Å². The fourth-order valence-electron chi connectivity index (χ4n) is 2.60. The molecule has 3 heteroatoms. The molecular weight excluding hydrogens is 262 g/mol. The quantitative estimate of drug-likeness (QED) is 0.694. The molecule has 2 aromatic rings. The van der Waals surface area contributed by atoms with Gasteiger partial charge in [-0.15, -0.1) is 0 Å². The van der Waals surface area contributed by atoms with Gasteiger partial charge in [0.25, 0.3) is 0 Å². The maximum atomic E-state index is 9.97. The summed E-state index contributed by atoms with van der Waals surface area (Å²) in [5, 5.41) is 23.1. The Bertz CT molecular complexity index is 569. The normalized spacial score (nSPS) is 13.8. The Kier molecular flexibility index (Phi) is 5.23. The maximum Gasteiger partial charge on any atom is 0.120 e. The number of benzene rings is 2. The number of phenolic OH excluding ortho intramolecular Hbond substituents is 2. The second-order valence-electron chi connectivity index (χ2n) is 5.38. The van der Waals surface area contributed by atoms with E-state index in [-0.39, 0.29) is 23.6 Å². The lowest BCUT2D eigenvalue weighted by atomic mass is 9.99. The van der Waals surface area contributed by atoms with Gasteiger partial charge in [0.05, 0.1) is 0 Å². The minimum absolute atomic E-state index is 0.0474. The molecule has 112 valence electrons. The van der Waals surface area contributed by atoms with E-state index in [4.69, 9.17) is 0 Å². The van der Waals surface area contributed by atoms with Gasteiger partial charge in [-0.1, -0.05) is 43.7 Å². The number of nitrogens with one attached hydrogen (secondary N) is 1. The first-order chi connectivity index (χ1) is 10.1. The first-order valence-electron chi connectivity index (χ1n) is 7.44. The second-order valence-corrected chi connectivity index (χ2v) is 5.38. The van der Waals surface area contributed by atoms with Crippen molar-refractivity contribution in [3.05, 3.63) is 59.7 Å². The van der Waals surface area contributed by atoms with Crippen LogP contribution in [0, 0.1) is 0 Å². The van der Waals surface area contributed by atoms with Crippen LogP contribution in [0.4, 0.5) is 0 Å². The Morgan fingerprint density at radius 1 is 1.05 bits per heavy atom. The summed E-state index contributed by atoms with van der Waals surface area (Å²) in [7, 11) is 0. The molecule has 0 spiro atoms. The highest BCUT2D eigenvalue weighted by molar-refractivity contribution is 5.40. The molecule has 0 heterocycles. The lowest BCUT2D eigenvalue weighted by molar-refractivity contribution is 0.410. The minimum atomic E-state index is -0.0474. The van der Waals surface area contributed by atoms with Crippen LogP contribution in [0.25, 0.3) is 0 Å². The monoisotopic (exact) mass is 285 g/mol. The van der Waals surface area contributed by atoms with Crippen molar-refractivity contribution in [1.82, 2.24) is 5.32 Å². The summed E-state index contributed by atoms with van der Waals surface area (Å²) in [6.07, 6.45) is 2.10. The zero-order valence-electron chi connectivity index (χ0n) is 12.6. The van der Waals surface area contributed by atoms with E-state index in [0.717, 1.165) is 12.8 Å². The van der Waals surface area contributed by atoms with E-state index in [0.29, 0.717) is 5.56 Å². The predicted molar refractivity (Wildman–Crippen MR) is 85.4 cm³/mol. The van der Waals surface area contributed by atoms with Crippen molar-refractivity contribution in [3.63, 3.8) is 0 Å². The van der Waals surface area contributed by atoms with Gasteiger partial charge in [0.2, 0.25) is 0 Å². The summed E-state index contributed by atoms with van der Waals surface area (Å²) >= 11 is 0. The van der Waals surface area contributed by atoms with Crippen LogP contribution in [0.1, 0.15) is 49.9 Å². The summed E-state index contributed by atoms with van der Waals surface area (Å²) in [6, 6.07) is 15.1. The van der Waals surface area contributed by atoms with Crippen LogP contribution < -0.4 is 5.32 Å². The molecular formula is C18H23NO2. The Hall–Kier alpha value is -2.00. The summed E-state index contributed by atoms with van der Waals surface area (Å²) in [6.45, 7) is 4.16.